The van der Waals surface area contributed by atoms with E-state index in [1.54, 1.807) is 10.6 Å². The van der Waals surface area contributed by atoms with Gasteiger partial charge in [0.15, 0.2) is 5.78 Å². The molecule has 5 rings (SSSR count). The number of benzene rings is 3. The van der Waals surface area contributed by atoms with Crippen molar-refractivity contribution in [3.63, 3.8) is 0 Å². The predicted molar refractivity (Wildman–Crippen MR) is 141 cm³/mol. The summed E-state index contributed by atoms with van der Waals surface area (Å²) < 4.78 is 7.68. The van der Waals surface area contributed by atoms with Crippen molar-refractivity contribution in [1.82, 2.24) is 9.47 Å². The second kappa shape index (κ2) is 9.16. The molecule has 0 N–H and O–H groups in total. The largest absolute Gasteiger partial charge is 0.492 e. The molecular weight excluding hydrogens is 436 g/mol. The average Bonchev–Trinajstić information content (AvgIpc) is 3.15. The summed E-state index contributed by atoms with van der Waals surface area (Å²) in [5.41, 5.74) is 3.24. The molecule has 1 aliphatic carbocycles. The Bertz CT molecular complexity index is 1460. The van der Waals surface area contributed by atoms with Crippen molar-refractivity contribution in [3.05, 3.63) is 94.3 Å². The maximum Gasteiger partial charge on any atom is 0.263 e. The first-order valence-corrected chi connectivity index (χ1v) is 12.2. The molecule has 1 aliphatic rings. The Morgan fingerprint density at radius 1 is 0.771 bits per heavy atom. The van der Waals surface area contributed by atoms with E-state index in [1.807, 2.05) is 66.7 Å². The van der Waals surface area contributed by atoms with Crippen molar-refractivity contribution in [3.8, 4) is 22.7 Å². The Labute approximate surface area is 205 Å². The second-order valence-corrected chi connectivity index (χ2v) is 9.55. The molecule has 0 unspecified atom stereocenters. The molecule has 3 aromatic carbocycles. The number of nitrogens with zero attached hydrogens (tertiary/aromatic N) is 2. The van der Waals surface area contributed by atoms with Crippen LogP contribution in [0.2, 0.25) is 0 Å². The van der Waals surface area contributed by atoms with E-state index < -0.39 is 0 Å². The normalized spacial score (nSPS) is 12.6. The Hall–Kier alpha value is -3.70. The molecule has 0 fully saturated rings. The summed E-state index contributed by atoms with van der Waals surface area (Å²) in [6.45, 7) is 10.2. The van der Waals surface area contributed by atoms with Crippen molar-refractivity contribution in [1.29, 1.82) is 0 Å². The molecule has 35 heavy (non-hydrogen) atoms. The second-order valence-electron chi connectivity index (χ2n) is 9.55. The minimum atomic E-state index is -0.137. The van der Waals surface area contributed by atoms with Crippen molar-refractivity contribution in [2.45, 2.75) is 39.8 Å². The molecule has 0 amide bonds. The van der Waals surface area contributed by atoms with E-state index in [1.165, 1.54) is 0 Å². The number of rotatable bonds is 7. The van der Waals surface area contributed by atoms with Gasteiger partial charge in [0.1, 0.15) is 12.4 Å². The summed E-state index contributed by atoms with van der Waals surface area (Å²) in [6, 6.07) is 23.3. The van der Waals surface area contributed by atoms with Crippen molar-refractivity contribution in [2.75, 3.05) is 13.2 Å². The van der Waals surface area contributed by atoms with Gasteiger partial charge in [-0.1, -0.05) is 42.5 Å². The molecule has 178 valence electrons. The van der Waals surface area contributed by atoms with Gasteiger partial charge in [0.2, 0.25) is 0 Å². The lowest BCUT2D eigenvalue weighted by Gasteiger charge is -2.30. The number of fused-ring (bicyclic) bond motifs is 5. The monoisotopic (exact) mass is 466 g/mol. The van der Waals surface area contributed by atoms with Crippen molar-refractivity contribution >= 4 is 16.6 Å². The lowest BCUT2D eigenvalue weighted by atomic mass is 10.0. The Balaban J connectivity index is 1.54. The van der Waals surface area contributed by atoms with Gasteiger partial charge in [-0.3, -0.25) is 19.1 Å². The van der Waals surface area contributed by atoms with Crippen LogP contribution in [0.25, 0.3) is 27.7 Å². The third kappa shape index (κ3) is 3.96. The molecule has 5 heteroatoms. The summed E-state index contributed by atoms with van der Waals surface area (Å²) in [6.07, 6.45) is 0. The van der Waals surface area contributed by atoms with Crippen LogP contribution < -0.4 is 10.3 Å². The van der Waals surface area contributed by atoms with Crippen LogP contribution in [0, 0.1) is 0 Å². The quantitative estimate of drug-likeness (QED) is 0.309. The molecular formula is C30H30N2O3. The molecule has 4 aromatic rings. The standard InChI is InChI=1S/C30H30N2O3/c1-19(2)31(20(3)4)17-18-35-22-15-13-21(14-16-22)32-28-24-10-6-7-11-25(24)29(33)27(28)23-9-5-8-12-26(23)30(32)34/h5-16,19-20H,17-18H2,1-4H3. The van der Waals surface area contributed by atoms with Crippen LogP contribution in [0.15, 0.2) is 77.6 Å². The maximum atomic E-state index is 13.7. The summed E-state index contributed by atoms with van der Waals surface area (Å²) in [7, 11) is 0. The number of carbonyl (C=O) groups is 1. The molecule has 0 bridgehead atoms. The van der Waals surface area contributed by atoms with E-state index >= 15 is 0 Å². The number of hydrogen-bond acceptors (Lipinski definition) is 4. The Kier molecular flexibility index (Phi) is 6.03. The topological polar surface area (TPSA) is 51.5 Å². The van der Waals surface area contributed by atoms with E-state index in [2.05, 4.69) is 32.6 Å². The SMILES string of the molecule is CC(C)N(CCOc1ccc(-n2c3c(c4ccccc4c2=O)C(=O)c2ccccc2-3)cc1)C(C)C. The van der Waals surface area contributed by atoms with Crippen LogP contribution in [0.3, 0.4) is 0 Å². The third-order valence-corrected chi connectivity index (χ3v) is 6.78. The summed E-state index contributed by atoms with van der Waals surface area (Å²) >= 11 is 0. The van der Waals surface area contributed by atoms with Gasteiger partial charge in [-0.15, -0.1) is 0 Å². The Morgan fingerprint density at radius 3 is 2.03 bits per heavy atom. The highest BCUT2D eigenvalue weighted by molar-refractivity contribution is 6.26. The van der Waals surface area contributed by atoms with Gasteiger partial charge in [-0.2, -0.15) is 0 Å². The first-order chi connectivity index (χ1) is 16.9. The van der Waals surface area contributed by atoms with Crippen LogP contribution in [0.5, 0.6) is 5.75 Å². The average molecular weight is 467 g/mol. The highest BCUT2D eigenvalue weighted by Crippen LogP contribution is 2.40. The van der Waals surface area contributed by atoms with Crippen LogP contribution in [0.1, 0.15) is 43.6 Å². The summed E-state index contributed by atoms with van der Waals surface area (Å²) in [5, 5.41) is 1.24. The number of carbonyl (C=O) groups excluding carboxylic acids is 1. The zero-order valence-electron chi connectivity index (χ0n) is 20.6. The maximum absolute atomic E-state index is 13.7. The van der Waals surface area contributed by atoms with E-state index in [0.717, 1.165) is 17.9 Å². The van der Waals surface area contributed by atoms with Gasteiger partial charge < -0.3 is 4.74 Å². The molecule has 0 saturated heterocycles. The lowest BCUT2D eigenvalue weighted by Crippen LogP contribution is -2.39. The molecule has 5 nitrogen and oxygen atoms in total. The van der Waals surface area contributed by atoms with Gasteiger partial charge in [0.25, 0.3) is 5.56 Å². The van der Waals surface area contributed by atoms with Gasteiger partial charge in [-0.05, 0) is 58.0 Å². The van der Waals surface area contributed by atoms with E-state index in [9.17, 15) is 9.59 Å². The fourth-order valence-electron chi connectivity index (χ4n) is 5.18. The molecule has 0 radical (unpaired) electrons. The fraction of sp³-hybridized carbons (Fsp3) is 0.267. The first kappa shape index (κ1) is 23.1. The molecule has 0 saturated carbocycles. The molecule has 1 heterocycles. The van der Waals surface area contributed by atoms with Gasteiger partial charge >= 0.3 is 0 Å². The highest BCUT2D eigenvalue weighted by Gasteiger charge is 2.32. The number of aromatic nitrogens is 1. The van der Waals surface area contributed by atoms with Crippen LogP contribution in [-0.2, 0) is 0 Å². The predicted octanol–water partition coefficient (Wildman–Crippen LogP) is 5.70. The number of hydrogen-bond donors (Lipinski definition) is 0. The summed E-state index contributed by atoms with van der Waals surface area (Å²) in [5.74, 6) is 0.712. The van der Waals surface area contributed by atoms with Gasteiger partial charge in [0.05, 0.1) is 11.3 Å². The number of pyridine rings is 1. The molecule has 0 spiro atoms. The Morgan fingerprint density at radius 2 is 1.37 bits per heavy atom. The zero-order valence-corrected chi connectivity index (χ0v) is 20.6. The zero-order chi connectivity index (χ0) is 24.7. The minimum absolute atomic E-state index is 0.0413. The number of ether oxygens (including phenoxy) is 1. The van der Waals surface area contributed by atoms with E-state index in [0.29, 0.717) is 52.0 Å². The molecule has 0 atom stereocenters. The third-order valence-electron chi connectivity index (χ3n) is 6.78. The molecule has 0 aliphatic heterocycles. The number of ketones is 1. The first-order valence-electron chi connectivity index (χ1n) is 12.2. The molecule has 1 aromatic heterocycles. The summed E-state index contributed by atoms with van der Waals surface area (Å²) in [4.78, 5) is 29.4. The van der Waals surface area contributed by atoms with Crippen LogP contribution in [-0.4, -0.2) is 40.5 Å². The van der Waals surface area contributed by atoms with Gasteiger partial charge in [0, 0.05) is 46.2 Å². The van der Waals surface area contributed by atoms with Crippen LogP contribution in [0.4, 0.5) is 0 Å². The smallest absolute Gasteiger partial charge is 0.263 e. The van der Waals surface area contributed by atoms with Crippen LogP contribution >= 0.6 is 0 Å². The minimum Gasteiger partial charge on any atom is -0.492 e. The van der Waals surface area contributed by atoms with Crippen molar-refractivity contribution < 1.29 is 9.53 Å². The van der Waals surface area contributed by atoms with Gasteiger partial charge in [-0.25, -0.2) is 0 Å². The fourth-order valence-corrected chi connectivity index (χ4v) is 5.18. The van der Waals surface area contributed by atoms with Crippen molar-refractivity contribution in [2.24, 2.45) is 0 Å². The van der Waals surface area contributed by atoms with E-state index in [4.69, 9.17) is 4.74 Å². The lowest BCUT2D eigenvalue weighted by molar-refractivity contribution is 0.104. The highest BCUT2D eigenvalue weighted by atomic mass is 16.5. The van der Waals surface area contributed by atoms with E-state index in [-0.39, 0.29) is 11.3 Å².